The van der Waals surface area contributed by atoms with E-state index in [9.17, 15) is 4.79 Å². The van der Waals surface area contributed by atoms with Gasteiger partial charge in [-0.3, -0.25) is 0 Å². The SMILES string of the molecule is CC(C)C[C@H](Nc1ccc2nncn2n1)C(=O)O. The standard InChI is InChI=1S/C11H15N5O2/c1-7(2)5-8(11(17)18)13-9-3-4-10-14-12-6-16(10)15-9/h3-4,6-8H,5H2,1-2H3,(H,13,15)(H,17,18)/t8-/m0/s1. The number of aliphatic carboxylic acids is 1. The number of carboxylic acids is 1. The normalized spacial score (nSPS) is 12.8. The molecule has 0 aromatic carbocycles. The third-order valence-electron chi connectivity index (χ3n) is 2.49. The molecule has 0 aliphatic rings. The van der Waals surface area contributed by atoms with E-state index in [0.717, 1.165) is 0 Å². The van der Waals surface area contributed by atoms with E-state index in [1.807, 2.05) is 13.8 Å². The van der Waals surface area contributed by atoms with Crippen LogP contribution in [0, 0.1) is 5.92 Å². The number of aromatic nitrogens is 4. The zero-order chi connectivity index (χ0) is 13.1. The van der Waals surface area contributed by atoms with Crippen molar-refractivity contribution in [1.82, 2.24) is 19.8 Å². The number of nitrogens with zero attached hydrogens (tertiary/aromatic N) is 4. The lowest BCUT2D eigenvalue weighted by atomic mass is 10.0. The van der Waals surface area contributed by atoms with E-state index in [1.54, 1.807) is 12.1 Å². The lowest BCUT2D eigenvalue weighted by molar-refractivity contribution is -0.138. The minimum absolute atomic E-state index is 0.289. The first-order chi connectivity index (χ1) is 8.56. The highest BCUT2D eigenvalue weighted by Gasteiger charge is 2.19. The van der Waals surface area contributed by atoms with Crippen LogP contribution in [0.4, 0.5) is 5.82 Å². The maximum Gasteiger partial charge on any atom is 0.326 e. The Morgan fingerprint density at radius 1 is 1.50 bits per heavy atom. The van der Waals surface area contributed by atoms with Crippen molar-refractivity contribution in [2.24, 2.45) is 5.92 Å². The highest BCUT2D eigenvalue weighted by molar-refractivity contribution is 5.76. The molecule has 0 aliphatic carbocycles. The van der Waals surface area contributed by atoms with Crippen LogP contribution in [0.25, 0.3) is 5.65 Å². The molecule has 0 unspecified atom stereocenters. The molecule has 18 heavy (non-hydrogen) atoms. The van der Waals surface area contributed by atoms with E-state index in [4.69, 9.17) is 5.11 Å². The number of fused-ring (bicyclic) bond motifs is 1. The molecule has 0 aliphatic heterocycles. The number of carbonyl (C=O) groups is 1. The number of carboxylic acid groups (broad SMARTS) is 1. The summed E-state index contributed by atoms with van der Waals surface area (Å²) in [6.07, 6.45) is 2.01. The van der Waals surface area contributed by atoms with Crippen molar-refractivity contribution in [2.45, 2.75) is 26.3 Å². The molecule has 2 N–H and O–H groups in total. The van der Waals surface area contributed by atoms with E-state index in [0.29, 0.717) is 17.9 Å². The van der Waals surface area contributed by atoms with Crippen molar-refractivity contribution < 1.29 is 9.90 Å². The molecular formula is C11H15N5O2. The molecule has 0 bridgehead atoms. The maximum absolute atomic E-state index is 11.1. The molecule has 0 saturated carbocycles. The Bertz CT molecular complexity index is 551. The minimum atomic E-state index is -0.880. The molecule has 7 heteroatoms. The summed E-state index contributed by atoms with van der Waals surface area (Å²) >= 11 is 0. The van der Waals surface area contributed by atoms with Gasteiger partial charge in [0.25, 0.3) is 0 Å². The van der Waals surface area contributed by atoms with E-state index >= 15 is 0 Å². The Morgan fingerprint density at radius 2 is 2.28 bits per heavy atom. The summed E-state index contributed by atoms with van der Waals surface area (Å²) in [6.45, 7) is 3.96. The largest absolute Gasteiger partial charge is 0.480 e. The second-order valence-corrected chi connectivity index (χ2v) is 4.52. The van der Waals surface area contributed by atoms with Gasteiger partial charge in [0.05, 0.1) is 0 Å². The highest BCUT2D eigenvalue weighted by atomic mass is 16.4. The van der Waals surface area contributed by atoms with Gasteiger partial charge in [0, 0.05) is 0 Å². The topological polar surface area (TPSA) is 92.4 Å². The number of anilines is 1. The summed E-state index contributed by atoms with van der Waals surface area (Å²) in [6, 6.07) is 2.78. The average Bonchev–Trinajstić information content (AvgIpc) is 2.74. The third kappa shape index (κ3) is 2.73. The molecule has 2 aromatic rings. The predicted octanol–water partition coefficient (Wildman–Crippen LogP) is 1.04. The van der Waals surface area contributed by atoms with Crippen LogP contribution >= 0.6 is 0 Å². The Balaban J connectivity index is 2.17. The second kappa shape index (κ2) is 4.99. The van der Waals surface area contributed by atoms with E-state index in [1.165, 1.54) is 10.8 Å². The van der Waals surface area contributed by atoms with Crippen LogP contribution < -0.4 is 5.32 Å². The minimum Gasteiger partial charge on any atom is -0.480 e. The number of hydrogen-bond donors (Lipinski definition) is 2. The van der Waals surface area contributed by atoms with Gasteiger partial charge in [-0.1, -0.05) is 13.8 Å². The number of rotatable bonds is 5. The monoisotopic (exact) mass is 249 g/mol. The summed E-state index contributed by atoms with van der Waals surface area (Å²) in [7, 11) is 0. The molecule has 2 aromatic heterocycles. The van der Waals surface area contributed by atoms with Gasteiger partial charge in [-0.25, -0.2) is 4.79 Å². The molecule has 0 amide bonds. The third-order valence-corrected chi connectivity index (χ3v) is 2.49. The van der Waals surface area contributed by atoms with Crippen molar-refractivity contribution in [2.75, 3.05) is 5.32 Å². The number of nitrogens with one attached hydrogen (secondary N) is 1. The highest BCUT2D eigenvalue weighted by Crippen LogP contribution is 2.11. The molecule has 0 spiro atoms. The van der Waals surface area contributed by atoms with Gasteiger partial charge in [0.2, 0.25) is 0 Å². The van der Waals surface area contributed by atoms with Crippen LogP contribution in [0.15, 0.2) is 18.5 Å². The van der Waals surface area contributed by atoms with Crippen molar-refractivity contribution in [3.8, 4) is 0 Å². The van der Waals surface area contributed by atoms with Gasteiger partial charge in [0.15, 0.2) is 5.65 Å². The smallest absolute Gasteiger partial charge is 0.326 e. The van der Waals surface area contributed by atoms with E-state index in [-0.39, 0.29) is 5.92 Å². The van der Waals surface area contributed by atoms with Gasteiger partial charge >= 0.3 is 5.97 Å². The molecular weight excluding hydrogens is 234 g/mol. The van der Waals surface area contributed by atoms with E-state index < -0.39 is 12.0 Å². The zero-order valence-corrected chi connectivity index (χ0v) is 10.2. The molecule has 96 valence electrons. The molecule has 2 rings (SSSR count). The lowest BCUT2D eigenvalue weighted by Gasteiger charge is -2.16. The summed E-state index contributed by atoms with van der Waals surface area (Å²) < 4.78 is 1.50. The predicted molar refractivity (Wildman–Crippen MR) is 65.3 cm³/mol. The van der Waals surface area contributed by atoms with Crippen LogP contribution in [-0.2, 0) is 4.79 Å². The fourth-order valence-electron chi connectivity index (χ4n) is 1.68. The maximum atomic E-state index is 11.1. The Kier molecular flexibility index (Phi) is 3.40. The summed E-state index contributed by atoms with van der Waals surface area (Å²) in [4.78, 5) is 11.1. The fourth-order valence-corrected chi connectivity index (χ4v) is 1.68. The first kappa shape index (κ1) is 12.3. The van der Waals surface area contributed by atoms with Gasteiger partial charge in [-0.2, -0.15) is 4.52 Å². The van der Waals surface area contributed by atoms with Crippen molar-refractivity contribution in [3.05, 3.63) is 18.5 Å². The van der Waals surface area contributed by atoms with Gasteiger partial charge in [-0.15, -0.1) is 15.3 Å². The van der Waals surface area contributed by atoms with Crippen molar-refractivity contribution in [3.63, 3.8) is 0 Å². The van der Waals surface area contributed by atoms with Crippen LogP contribution in [0.1, 0.15) is 20.3 Å². The van der Waals surface area contributed by atoms with E-state index in [2.05, 4.69) is 20.6 Å². The fraction of sp³-hybridized carbons (Fsp3) is 0.455. The van der Waals surface area contributed by atoms with Crippen LogP contribution in [0.2, 0.25) is 0 Å². The van der Waals surface area contributed by atoms with Gasteiger partial charge < -0.3 is 10.4 Å². The average molecular weight is 249 g/mol. The first-order valence-electron chi connectivity index (χ1n) is 5.72. The quantitative estimate of drug-likeness (QED) is 0.822. The van der Waals surface area contributed by atoms with Gasteiger partial charge in [-0.05, 0) is 24.5 Å². The Labute approximate surface area is 104 Å². The lowest BCUT2D eigenvalue weighted by Crippen LogP contribution is -2.31. The summed E-state index contributed by atoms with van der Waals surface area (Å²) in [5, 5.41) is 23.8. The molecule has 0 saturated heterocycles. The Morgan fingerprint density at radius 3 is 2.94 bits per heavy atom. The zero-order valence-electron chi connectivity index (χ0n) is 10.2. The molecule has 1 atom stereocenters. The van der Waals surface area contributed by atoms with Crippen LogP contribution in [0.5, 0.6) is 0 Å². The second-order valence-electron chi connectivity index (χ2n) is 4.52. The summed E-state index contributed by atoms with van der Waals surface area (Å²) in [5.74, 6) is -0.0954. The molecule has 0 fully saturated rings. The summed E-state index contributed by atoms with van der Waals surface area (Å²) in [5.41, 5.74) is 0.622. The van der Waals surface area contributed by atoms with Crippen LogP contribution in [0.3, 0.4) is 0 Å². The molecule has 0 radical (unpaired) electrons. The van der Waals surface area contributed by atoms with Crippen LogP contribution in [-0.4, -0.2) is 36.9 Å². The van der Waals surface area contributed by atoms with Gasteiger partial charge in [0.1, 0.15) is 18.2 Å². The first-order valence-corrected chi connectivity index (χ1v) is 5.72. The number of hydrogen-bond acceptors (Lipinski definition) is 5. The molecule has 7 nitrogen and oxygen atoms in total. The van der Waals surface area contributed by atoms with Crippen molar-refractivity contribution >= 4 is 17.4 Å². The Hall–Kier alpha value is -2.18. The molecule has 2 heterocycles. The van der Waals surface area contributed by atoms with Crippen molar-refractivity contribution in [1.29, 1.82) is 0 Å².